The molecular formula is C36H34N6O6+2. The SMILES string of the molecule is COc1cc(C(=O)Nc2ccc[n+](C)c2)ccc1NC(=O)c1ccc(C(=O)Nc2ccc(C(=O)Nc3ccc[n+](C)c3)cc2OC)cc1. The van der Waals surface area contributed by atoms with Gasteiger partial charge in [-0.15, -0.1) is 0 Å². The fourth-order valence-corrected chi connectivity index (χ4v) is 4.76. The summed E-state index contributed by atoms with van der Waals surface area (Å²) in [6.45, 7) is 0. The van der Waals surface area contributed by atoms with E-state index in [4.69, 9.17) is 9.47 Å². The Morgan fingerprint density at radius 2 is 0.854 bits per heavy atom. The van der Waals surface area contributed by atoms with Crippen molar-refractivity contribution in [3.63, 3.8) is 0 Å². The molecule has 0 aliphatic heterocycles. The summed E-state index contributed by atoms with van der Waals surface area (Å²) in [7, 11) is 6.60. The van der Waals surface area contributed by atoms with Crippen molar-refractivity contribution in [2.45, 2.75) is 0 Å². The molecule has 242 valence electrons. The summed E-state index contributed by atoms with van der Waals surface area (Å²) in [5, 5.41) is 11.2. The molecule has 5 rings (SSSR count). The summed E-state index contributed by atoms with van der Waals surface area (Å²) in [5.41, 5.74) is 3.30. The van der Waals surface area contributed by atoms with Crippen LogP contribution in [0, 0.1) is 0 Å². The molecule has 4 N–H and O–H groups in total. The zero-order valence-corrected chi connectivity index (χ0v) is 26.7. The highest BCUT2D eigenvalue weighted by atomic mass is 16.5. The van der Waals surface area contributed by atoms with Crippen molar-refractivity contribution in [3.8, 4) is 11.5 Å². The van der Waals surface area contributed by atoms with Crippen LogP contribution in [0.15, 0.2) is 110 Å². The van der Waals surface area contributed by atoms with E-state index < -0.39 is 11.8 Å². The molecule has 3 aromatic carbocycles. The summed E-state index contributed by atoms with van der Waals surface area (Å²) >= 11 is 0. The number of benzene rings is 3. The molecule has 12 heteroatoms. The van der Waals surface area contributed by atoms with Crippen LogP contribution in [0.3, 0.4) is 0 Å². The van der Waals surface area contributed by atoms with Gasteiger partial charge >= 0.3 is 0 Å². The maximum Gasteiger partial charge on any atom is 0.255 e. The molecule has 0 bridgehead atoms. The number of aryl methyl sites for hydroxylation is 2. The van der Waals surface area contributed by atoms with Crippen LogP contribution in [-0.4, -0.2) is 37.8 Å². The van der Waals surface area contributed by atoms with Gasteiger partial charge in [0.25, 0.3) is 23.6 Å². The predicted octanol–water partition coefficient (Wildman–Crippen LogP) is 4.36. The first kappa shape index (κ1) is 32.8. The second-order valence-electron chi connectivity index (χ2n) is 10.7. The summed E-state index contributed by atoms with van der Waals surface area (Å²) < 4.78 is 14.5. The van der Waals surface area contributed by atoms with Gasteiger partial charge in [0.2, 0.25) is 0 Å². The Labute approximate surface area is 277 Å². The highest BCUT2D eigenvalue weighted by Gasteiger charge is 2.17. The number of rotatable bonds is 10. The summed E-state index contributed by atoms with van der Waals surface area (Å²) in [6.07, 6.45) is 7.27. The van der Waals surface area contributed by atoms with Crippen molar-refractivity contribution >= 4 is 46.4 Å². The van der Waals surface area contributed by atoms with Gasteiger partial charge in [0, 0.05) is 34.4 Å². The number of nitrogens with one attached hydrogen (secondary N) is 4. The minimum absolute atomic E-state index is 0.298. The summed E-state index contributed by atoms with van der Waals surface area (Å²) in [5.74, 6) is -0.928. The van der Waals surface area contributed by atoms with Gasteiger partial charge < -0.3 is 30.7 Å². The molecule has 0 radical (unpaired) electrons. The van der Waals surface area contributed by atoms with Crippen molar-refractivity contribution in [1.82, 2.24) is 0 Å². The molecule has 12 nitrogen and oxygen atoms in total. The van der Waals surface area contributed by atoms with Gasteiger partial charge in [-0.25, -0.2) is 9.13 Å². The number of amides is 4. The lowest BCUT2D eigenvalue weighted by Crippen LogP contribution is -2.27. The minimum atomic E-state index is -0.436. The third kappa shape index (κ3) is 7.98. The Bertz CT molecular complexity index is 1870. The predicted molar refractivity (Wildman–Crippen MR) is 179 cm³/mol. The van der Waals surface area contributed by atoms with Gasteiger partial charge in [-0.3, -0.25) is 19.2 Å². The Hall–Kier alpha value is -6.56. The first-order valence-corrected chi connectivity index (χ1v) is 14.8. The molecule has 0 unspecified atom stereocenters. The smallest absolute Gasteiger partial charge is 0.255 e. The third-order valence-corrected chi connectivity index (χ3v) is 7.23. The molecule has 0 aliphatic carbocycles. The number of carbonyl (C=O) groups is 4. The summed E-state index contributed by atoms with van der Waals surface area (Å²) in [6, 6.07) is 22.7. The van der Waals surface area contributed by atoms with Crippen LogP contribution in [0.25, 0.3) is 0 Å². The van der Waals surface area contributed by atoms with E-state index in [1.54, 1.807) is 48.8 Å². The number of anilines is 4. The highest BCUT2D eigenvalue weighted by Crippen LogP contribution is 2.28. The van der Waals surface area contributed by atoms with Gasteiger partial charge in [-0.2, -0.15) is 0 Å². The third-order valence-electron chi connectivity index (χ3n) is 7.23. The van der Waals surface area contributed by atoms with Crippen LogP contribution in [0.4, 0.5) is 22.7 Å². The molecule has 0 atom stereocenters. The number of hydrogen-bond donors (Lipinski definition) is 4. The van der Waals surface area contributed by atoms with E-state index >= 15 is 0 Å². The average Bonchev–Trinajstić information content (AvgIpc) is 3.08. The number of aromatic nitrogens is 2. The number of pyridine rings is 2. The molecule has 5 aromatic rings. The highest BCUT2D eigenvalue weighted by molar-refractivity contribution is 6.09. The lowest BCUT2D eigenvalue weighted by Gasteiger charge is -2.13. The number of methoxy groups -OCH3 is 2. The van der Waals surface area contributed by atoms with Crippen LogP contribution in [0.2, 0.25) is 0 Å². The average molecular weight is 647 g/mol. The minimum Gasteiger partial charge on any atom is -0.495 e. The van der Waals surface area contributed by atoms with Crippen LogP contribution in [0.1, 0.15) is 41.4 Å². The lowest BCUT2D eigenvalue weighted by molar-refractivity contribution is -0.670. The molecule has 48 heavy (non-hydrogen) atoms. The molecular weight excluding hydrogens is 612 g/mol. The van der Waals surface area contributed by atoms with E-state index in [1.165, 1.54) is 50.6 Å². The summed E-state index contributed by atoms with van der Waals surface area (Å²) in [4.78, 5) is 51.7. The van der Waals surface area contributed by atoms with Gasteiger partial charge in [-0.1, -0.05) is 0 Å². The van der Waals surface area contributed by atoms with Crippen LogP contribution in [0.5, 0.6) is 11.5 Å². The second kappa shape index (κ2) is 14.7. The van der Waals surface area contributed by atoms with Crippen molar-refractivity contribution in [3.05, 3.63) is 132 Å². The zero-order valence-electron chi connectivity index (χ0n) is 26.7. The van der Waals surface area contributed by atoms with Crippen molar-refractivity contribution in [2.75, 3.05) is 35.5 Å². The Kier molecular flexibility index (Phi) is 10.0. The van der Waals surface area contributed by atoms with Crippen LogP contribution < -0.4 is 39.9 Å². The quantitative estimate of drug-likeness (QED) is 0.166. The fraction of sp³-hybridized carbons (Fsp3) is 0.111. The largest absolute Gasteiger partial charge is 0.495 e. The van der Waals surface area contributed by atoms with Crippen molar-refractivity contribution in [1.29, 1.82) is 0 Å². The van der Waals surface area contributed by atoms with Crippen LogP contribution >= 0.6 is 0 Å². The standard InChI is InChI=1S/C36H32N6O6/c1-41-17-5-7-27(21-41)37-35(45)25-13-15-29(31(19-25)47-3)39-33(43)23-9-11-24(12-10-23)34(44)40-30-16-14-26(20-32(30)48-4)36(46)38-28-8-6-18-42(2)22-28/h5-22H,1-4H3,(H2-2,37,38,39,40,43,44,45,46)/p+2. The Morgan fingerprint density at radius 3 is 1.21 bits per heavy atom. The maximum absolute atomic E-state index is 13.0. The number of hydrogen-bond acceptors (Lipinski definition) is 6. The number of carbonyl (C=O) groups excluding carboxylic acids is 4. The zero-order chi connectivity index (χ0) is 34.2. The lowest BCUT2D eigenvalue weighted by atomic mass is 10.1. The van der Waals surface area contributed by atoms with E-state index in [0.29, 0.717) is 56.5 Å². The first-order valence-electron chi connectivity index (χ1n) is 14.8. The Morgan fingerprint density at radius 1 is 0.500 bits per heavy atom. The van der Waals surface area contributed by atoms with Gasteiger partial charge in [0.05, 0.1) is 25.6 Å². The molecule has 4 amide bonds. The molecule has 0 saturated carbocycles. The van der Waals surface area contributed by atoms with Gasteiger partial charge in [0.15, 0.2) is 24.8 Å². The van der Waals surface area contributed by atoms with Crippen molar-refractivity contribution < 1.29 is 37.8 Å². The molecule has 0 aliphatic rings. The van der Waals surface area contributed by atoms with E-state index in [1.807, 2.05) is 47.8 Å². The molecule has 0 spiro atoms. The van der Waals surface area contributed by atoms with E-state index in [-0.39, 0.29) is 11.8 Å². The van der Waals surface area contributed by atoms with Gasteiger partial charge in [0.1, 0.15) is 37.0 Å². The molecule has 0 saturated heterocycles. The molecule has 0 fully saturated rings. The number of ether oxygens (including phenoxy) is 2. The fourth-order valence-electron chi connectivity index (χ4n) is 4.76. The van der Waals surface area contributed by atoms with Crippen molar-refractivity contribution in [2.24, 2.45) is 14.1 Å². The number of nitrogens with zero attached hydrogens (tertiary/aromatic N) is 2. The monoisotopic (exact) mass is 646 g/mol. The van der Waals surface area contributed by atoms with E-state index in [2.05, 4.69) is 21.3 Å². The Balaban J connectivity index is 1.21. The van der Waals surface area contributed by atoms with Gasteiger partial charge in [-0.05, 0) is 72.8 Å². The molecule has 2 aromatic heterocycles. The van der Waals surface area contributed by atoms with Crippen LogP contribution in [-0.2, 0) is 14.1 Å². The molecule has 2 heterocycles. The van der Waals surface area contributed by atoms with E-state index in [0.717, 1.165) is 0 Å². The normalized spacial score (nSPS) is 10.4. The topological polar surface area (TPSA) is 143 Å². The maximum atomic E-state index is 13.0. The first-order chi connectivity index (χ1) is 23.1. The second-order valence-corrected chi connectivity index (χ2v) is 10.7. The van der Waals surface area contributed by atoms with E-state index in [9.17, 15) is 19.2 Å².